The predicted octanol–water partition coefficient (Wildman–Crippen LogP) is 4.33. The molecule has 9 heteroatoms. The number of nitrogens with zero attached hydrogens (tertiary/aromatic N) is 2. The summed E-state index contributed by atoms with van der Waals surface area (Å²) in [6.07, 6.45) is 0. The fourth-order valence-corrected chi connectivity index (χ4v) is 4.17. The first-order chi connectivity index (χ1) is 20.5. The fourth-order valence-electron chi connectivity index (χ4n) is 4.17. The zero-order chi connectivity index (χ0) is 30.3. The van der Waals surface area contributed by atoms with Crippen LogP contribution in [0.15, 0.2) is 97.1 Å². The molecule has 4 N–H and O–H groups in total. The van der Waals surface area contributed by atoms with Gasteiger partial charge in [-0.05, 0) is 97.1 Å². The Balaban J connectivity index is 0.00000237. The van der Waals surface area contributed by atoms with E-state index in [1.54, 1.807) is 48.5 Å². The van der Waals surface area contributed by atoms with Gasteiger partial charge in [0.2, 0.25) is 0 Å². The van der Waals surface area contributed by atoms with E-state index in [1.165, 1.54) is 0 Å². The molecule has 0 bridgehead atoms. The molecule has 0 saturated heterocycles. The van der Waals surface area contributed by atoms with Gasteiger partial charge in [-0.15, -0.1) is 0 Å². The summed E-state index contributed by atoms with van der Waals surface area (Å²) in [5, 5.41) is 34.5. The number of carbonyl (C=O) groups excluding carboxylic acids is 1. The molecular formula is C33H38N2O7. The molecule has 0 aliphatic carbocycles. The van der Waals surface area contributed by atoms with Crippen LogP contribution in [0.5, 0.6) is 23.0 Å². The number of anilines is 2. The number of ether oxygens (including phenoxy) is 2. The van der Waals surface area contributed by atoms with Crippen molar-refractivity contribution < 1.29 is 34.7 Å². The lowest BCUT2D eigenvalue weighted by molar-refractivity contribution is 0.103. The Bertz CT molecular complexity index is 1340. The molecule has 0 aliphatic heterocycles. The summed E-state index contributed by atoms with van der Waals surface area (Å²) in [7, 11) is 2.91. The largest absolute Gasteiger partial charge is 0.457 e. The van der Waals surface area contributed by atoms with E-state index in [1.807, 2.05) is 65.4 Å². The Morgan fingerprint density at radius 3 is 1.24 bits per heavy atom. The molecule has 0 fully saturated rings. The lowest BCUT2D eigenvalue weighted by Crippen LogP contribution is -2.29. The SMILES string of the molecule is CN(CCO)c1ccc(Oc2ccc(C(=O)c3ccc(Oc4ccc(N(CCO)CCO)cc4)cc3)cc2)cc1.CO. The van der Waals surface area contributed by atoms with E-state index in [4.69, 9.17) is 19.7 Å². The quantitative estimate of drug-likeness (QED) is 0.163. The molecule has 222 valence electrons. The molecule has 0 unspecified atom stereocenters. The highest BCUT2D eigenvalue weighted by Crippen LogP contribution is 2.27. The number of benzene rings is 4. The third kappa shape index (κ3) is 9.05. The van der Waals surface area contributed by atoms with Gasteiger partial charge in [0.05, 0.1) is 19.8 Å². The maximum absolute atomic E-state index is 13.0. The average molecular weight is 575 g/mol. The van der Waals surface area contributed by atoms with Crippen molar-refractivity contribution in [2.75, 3.05) is 63.4 Å². The highest BCUT2D eigenvalue weighted by molar-refractivity contribution is 6.09. The van der Waals surface area contributed by atoms with Gasteiger partial charge in [-0.2, -0.15) is 0 Å². The first-order valence-corrected chi connectivity index (χ1v) is 13.5. The van der Waals surface area contributed by atoms with Crippen LogP contribution in [0.25, 0.3) is 0 Å². The third-order valence-electron chi connectivity index (χ3n) is 6.36. The van der Waals surface area contributed by atoms with E-state index < -0.39 is 0 Å². The van der Waals surface area contributed by atoms with Crippen LogP contribution in [0.2, 0.25) is 0 Å². The molecular weight excluding hydrogens is 536 g/mol. The van der Waals surface area contributed by atoms with Gasteiger partial charge >= 0.3 is 0 Å². The topological polar surface area (TPSA) is 123 Å². The van der Waals surface area contributed by atoms with Crippen LogP contribution in [0.1, 0.15) is 15.9 Å². The van der Waals surface area contributed by atoms with E-state index in [-0.39, 0.29) is 25.6 Å². The van der Waals surface area contributed by atoms with Crippen LogP contribution in [0.3, 0.4) is 0 Å². The summed E-state index contributed by atoms with van der Waals surface area (Å²) in [5.41, 5.74) is 2.96. The summed E-state index contributed by atoms with van der Waals surface area (Å²) in [6.45, 7) is 1.51. The number of rotatable bonds is 14. The molecule has 0 radical (unpaired) electrons. The van der Waals surface area contributed by atoms with E-state index in [0.29, 0.717) is 53.8 Å². The number of hydrogen-bond donors (Lipinski definition) is 4. The van der Waals surface area contributed by atoms with Crippen LogP contribution in [0, 0.1) is 0 Å². The van der Waals surface area contributed by atoms with Gasteiger partial charge in [0.1, 0.15) is 23.0 Å². The molecule has 0 spiro atoms. The normalized spacial score (nSPS) is 10.3. The highest BCUT2D eigenvalue weighted by atomic mass is 16.5. The molecule has 0 amide bonds. The number of likely N-dealkylation sites (N-methyl/N-ethyl adjacent to an activating group) is 1. The van der Waals surface area contributed by atoms with Gasteiger partial charge in [0.15, 0.2) is 5.78 Å². The number of hydrogen-bond acceptors (Lipinski definition) is 9. The summed E-state index contributed by atoms with van der Waals surface area (Å²) < 4.78 is 11.8. The van der Waals surface area contributed by atoms with Gasteiger partial charge in [-0.1, -0.05) is 0 Å². The van der Waals surface area contributed by atoms with Crippen LogP contribution in [-0.4, -0.2) is 79.8 Å². The standard InChI is InChI=1S/C32H34N2O6.CH4O/c1-33(18-21-35)26-6-14-30(15-7-26)39-28-10-2-24(3-11-28)32(38)25-4-12-29(13-5-25)40-31-16-8-27(9-17-31)34(19-22-36)20-23-37;1-2/h2-17,35-37H,18-23H2,1H3;2H,1H3. The second-order valence-electron chi connectivity index (χ2n) is 9.15. The predicted molar refractivity (Wildman–Crippen MR) is 164 cm³/mol. The number of ketones is 1. The van der Waals surface area contributed by atoms with Crippen molar-refractivity contribution in [3.05, 3.63) is 108 Å². The van der Waals surface area contributed by atoms with Crippen molar-refractivity contribution in [2.24, 2.45) is 0 Å². The number of aliphatic hydroxyl groups is 4. The van der Waals surface area contributed by atoms with Crippen LogP contribution in [0.4, 0.5) is 11.4 Å². The molecule has 42 heavy (non-hydrogen) atoms. The Morgan fingerprint density at radius 2 is 0.881 bits per heavy atom. The monoisotopic (exact) mass is 574 g/mol. The third-order valence-corrected chi connectivity index (χ3v) is 6.36. The molecule has 4 rings (SSSR count). The van der Waals surface area contributed by atoms with Crippen molar-refractivity contribution >= 4 is 17.2 Å². The molecule has 0 aromatic heterocycles. The number of carbonyl (C=O) groups is 1. The number of aliphatic hydroxyl groups excluding tert-OH is 4. The van der Waals surface area contributed by atoms with E-state index >= 15 is 0 Å². The Kier molecular flexibility index (Phi) is 12.8. The molecule has 4 aromatic carbocycles. The summed E-state index contributed by atoms with van der Waals surface area (Å²) in [5.74, 6) is 2.44. The van der Waals surface area contributed by atoms with Gasteiger partial charge in [-0.25, -0.2) is 0 Å². The Morgan fingerprint density at radius 1 is 0.548 bits per heavy atom. The summed E-state index contributed by atoms with van der Waals surface area (Å²) in [4.78, 5) is 16.8. The first-order valence-electron chi connectivity index (χ1n) is 13.5. The highest BCUT2D eigenvalue weighted by Gasteiger charge is 2.11. The molecule has 0 aliphatic rings. The van der Waals surface area contributed by atoms with Gasteiger partial charge in [0, 0.05) is 56.3 Å². The van der Waals surface area contributed by atoms with Crippen molar-refractivity contribution in [3.8, 4) is 23.0 Å². The van der Waals surface area contributed by atoms with Crippen LogP contribution >= 0.6 is 0 Å². The van der Waals surface area contributed by atoms with Gasteiger partial charge in [0.25, 0.3) is 0 Å². The zero-order valence-electron chi connectivity index (χ0n) is 23.9. The molecule has 0 atom stereocenters. The maximum atomic E-state index is 13.0. The minimum absolute atomic E-state index is 0.00108. The molecule has 0 saturated carbocycles. The summed E-state index contributed by atoms with van der Waals surface area (Å²) >= 11 is 0. The van der Waals surface area contributed by atoms with E-state index in [9.17, 15) is 15.0 Å². The van der Waals surface area contributed by atoms with Crippen LogP contribution in [-0.2, 0) is 0 Å². The van der Waals surface area contributed by atoms with Crippen molar-refractivity contribution in [2.45, 2.75) is 0 Å². The molecule has 0 heterocycles. The molecule has 4 aromatic rings. The molecule has 9 nitrogen and oxygen atoms in total. The minimum Gasteiger partial charge on any atom is -0.457 e. The smallest absolute Gasteiger partial charge is 0.193 e. The fraction of sp³-hybridized carbons (Fsp3) is 0.242. The van der Waals surface area contributed by atoms with Gasteiger partial charge < -0.3 is 39.7 Å². The van der Waals surface area contributed by atoms with Crippen molar-refractivity contribution in [3.63, 3.8) is 0 Å². The lowest BCUT2D eigenvalue weighted by Gasteiger charge is -2.23. The average Bonchev–Trinajstić information content (AvgIpc) is 3.03. The first kappa shape index (κ1) is 32.1. The second-order valence-corrected chi connectivity index (χ2v) is 9.15. The van der Waals surface area contributed by atoms with Crippen LogP contribution < -0.4 is 19.3 Å². The minimum atomic E-state index is -0.105. The Hall–Kier alpha value is -4.41. The summed E-state index contributed by atoms with van der Waals surface area (Å²) in [6, 6.07) is 29.0. The second kappa shape index (κ2) is 16.8. The van der Waals surface area contributed by atoms with Crippen molar-refractivity contribution in [1.29, 1.82) is 0 Å². The lowest BCUT2D eigenvalue weighted by atomic mass is 10.0. The van der Waals surface area contributed by atoms with Gasteiger partial charge in [-0.3, -0.25) is 4.79 Å². The van der Waals surface area contributed by atoms with Crippen molar-refractivity contribution in [1.82, 2.24) is 0 Å². The van der Waals surface area contributed by atoms with E-state index in [0.717, 1.165) is 18.5 Å². The Labute approximate surface area is 246 Å². The maximum Gasteiger partial charge on any atom is 0.193 e. The zero-order valence-corrected chi connectivity index (χ0v) is 23.9. The van der Waals surface area contributed by atoms with E-state index in [2.05, 4.69) is 0 Å².